The number of rotatable bonds is 5. The molecule has 6 heteroatoms. The molecule has 2 heterocycles. The summed E-state index contributed by atoms with van der Waals surface area (Å²) in [6.45, 7) is 4.94. The van der Waals surface area contributed by atoms with Crippen molar-refractivity contribution in [1.29, 1.82) is 0 Å². The number of hydrogen-bond acceptors (Lipinski definition) is 4. The van der Waals surface area contributed by atoms with Gasteiger partial charge in [-0.2, -0.15) is 4.68 Å². The van der Waals surface area contributed by atoms with Crippen LogP contribution < -0.4 is 10.5 Å². The van der Waals surface area contributed by atoms with E-state index in [9.17, 15) is 9.59 Å². The lowest BCUT2D eigenvalue weighted by molar-refractivity contribution is -0.131. The van der Waals surface area contributed by atoms with Crippen LogP contribution in [0.1, 0.15) is 44.1 Å². The summed E-state index contributed by atoms with van der Waals surface area (Å²) in [6, 6.07) is 11.1. The van der Waals surface area contributed by atoms with Gasteiger partial charge in [0.2, 0.25) is 5.91 Å². The van der Waals surface area contributed by atoms with Crippen molar-refractivity contribution < 1.29 is 4.79 Å². The summed E-state index contributed by atoms with van der Waals surface area (Å²) < 4.78 is 1.45. The summed E-state index contributed by atoms with van der Waals surface area (Å²) >= 11 is 0. The third-order valence-electron chi connectivity index (χ3n) is 6.26. The molecule has 0 spiro atoms. The molecule has 0 N–H and O–H groups in total. The van der Waals surface area contributed by atoms with Crippen molar-refractivity contribution >= 4 is 11.7 Å². The van der Waals surface area contributed by atoms with Crippen LogP contribution in [0.3, 0.4) is 0 Å². The van der Waals surface area contributed by atoms with Gasteiger partial charge in [0.1, 0.15) is 5.82 Å². The van der Waals surface area contributed by atoms with E-state index in [1.54, 1.807) is 12.1 Å². The number of amides is 1. The maximum atomic E-state index is 12.6. The molecule has 1 aliphatic carbocycles. The Morgan fingerprint density at radius 3 is 2.38 bits per heavy atom. The van der Waals surface area contributed by atoms with E-state index in [0.29, 0.717) is 6.42 Å². The highest BCUT2D eigenvalue weighted by atomic mass is 16.2. The smallest absolute Gasteiger partial charge is 0.271 e. The first-order valence-electron chi connectivity index (χ1n) is 10.8. The highest BCUT2D eigenvalue weighted by Crippen LogP contribution is 2.28. The lowest BCUT2D eigenvalue weighted by atomic mass is 10.0. The van der Waals surface area contributed by atoms with Crippen LogP contribution in [0.5, 0.6) is 0 Å². The highest BCUT2D eigenvalue weighted by Gasteiger charge is 2.24. The minimum Gasteiger partial charge on any atom is -0.352 e. The van der Waals surface area contributed by atoms with E-state index >= 15 is 0 Å². The zero-order valence-corrected chi connectivity index (χ0v) is 17.2. The molecule has 1 saturated carbocycles. The quantitative estimate of drug-likeness (QED) is 0.782. The van der Waals surface area contributed by atoms with E-state index in [4.69, 9.17) is 0 Å². The van der Waals surface area contributed by atoms with E-state index in [1.165, 1.54) is 30.4 Å². The Bertz CT molecular complexity index is 892. The zero-order chi connectivity index (χ0) is 20.2. The fourth-order valence-electron chi connectivity index (χ4n) is 4.41. The average molecular weight is 395 g/mol. The van der Waals surface area contributed by atoms with E-state index in [2.05, 4.69) is 10.00 Å². The van der Waals surface area contributed by atoms with Gasteiger partial charge in [-0.25, -0.2) is 0 Å². The molecule has 1 saturated heterocycles. The van der Waals surface area contributed by atoms with E-state index in [-0.39, 0.29) is 11.5 Å². The van der Waals surface area contributed by atoms with Crippen LogP contribution in [-0.4, -0.2) is 46.8 Å². The second-order valence-electron chi connectivity index (χ2n) is 8.33. The highest BCUT2D eigenvalue weighted by molar-refractivity contribution is 5.76. The molecule has 2 aromatic rings. The molecule has 4 rings (SSSR count). The number of carbonyl (C=O) groups is 1. The van der Waals surface area contributed by atoms with Gasteiger partial charge in [0, 0.05) is 38.7 Å². The van der Waals surface area contributed by atoms with Gasteiger partial charge in [0.15, 0.2) is 0 Å². The SMILES string of the molecule is Cc1ccc(-n2nc(N3CCN(C(=O)CCC4CCCC4)CC3)ccc2=O)cc1. The van der Waals surface area contributed by atoms with Crippen LogP contribution in [0.2, 0.25) is 0 Å². The molecule has 0 atom stereocenters. The zero-order valence-electron chi connectivity index (χ0n) is 17.2. The van der Waals surface area contributed by atoms with Crippen LogP contribution in [-0.2, 0) is 4.79 Å². The lowest BCUT2D eigenvalue weighted by Crippen LogP contribution is -2.49. The van der Waals surface area contributed by atoms with E-state index in [0.717, 1.165) is 55.6 Å². The molecule has 29 heavy (non-hydrogen) atoms. The van der Waals surface area contributed by atoms with Crippen molar-refractivity contribution in [3.8, 4) is 5.69 Å². The number of aromatic nitrogens is 2. The third kappa shape index (κ3) is 4.69. The van der Waals surface area contributed by atoms with Crippen molar-refractivity contribution in [2.45, 2.75) is 45.4 Å². The fraction of sp³-hybridized carbons (Fsp3) is 0.522. The second-order valence-corrected chi connectivity index (χ2v) is 8.33. The standard InChI is InChI=1S/C23H30N4O2/c1-18-6-9-20(10-7-18)27-23(29)13-11-21(24-27)25-14-16-26(17-15-25)22(28)12-8-19-4-2-3-5-19/h6-7,9-11,13,19H,2-5,8,12,14-17H2,1H3. The molecule has 1 aromatic heterocycles. The third-order valence-corrected chi connectivity index (χ3v) is 6.26. The van der Waals surface area contributed by atoms with Gasteiger partial charge in [-0.15, -0.1) is 5.10 Å². The monoisotopic (exact) mass is 394 g/mol. The topological polar surface area (TPSA) is 58.4 Å². The molecule has 2 fully saturated rings. The van der Waals surface area contributed by atoms with Crippen molar-refractivity contribution in [2.24, 2.45) is 5.92 Å². The molecule has 1 amide bonds. The summed E-state index contributed by atoms with van der Waals surface area (Å²) in [7, 11) is 0. The lowest BCUT2D eigenvalue weighted by Gasteiger charge is -2.35. The van der Waals surface area contributed by atoms with Crippen molar-refractivity contribution in [3.05, 3.63) is 52.3 Å². The summed E-state index contributed by atoms with van der Waals surface area (Å²) in [5, 5.41) is 4.58. The molecule has 6 nitrogen and oxygen atoms in total. The average Bonchev–Trinajstić information content (AvgIpc) is 3.27. The molecule has 1 aliphatic heterocycles. The van der Waals surface area contributed by atoms with Gasteiger partial charge in [0.25, 0.3) is 5.56 Å². The first-order chi connectivity index (χ1) is 14.1. The maximum absolute atomic E-state index is 12.6. The Kier molecular flexibility index (Phi) is 5.97. The van der Waals surface area contributed by atoms with Crippen LogP contribution in [0.4, 0.5) is 5.82 Å². The Labute approximate surface area is 172 Å². The largest absolute Gasteiger partial charge is 0.352 e. The van der Waals surface area contributed by atoms with Crippen molar-refractivity contribution in [1.82, 2.24) is 14.7 Å². The van der Waals surface area contributed by atoms with Crippen LogP contribution in [0.25, 0.3) is 5.69 Å². The normalized spacial score (nSPS) is 17.7. The van der Waals surface area contributed by atoms with Crippen molar-refractivity contribution in [3.63, 3.8) is 0 Å². The molecular formula is C23H30N4O2. The van der Waals surface area contributed by atoms with Gasteiger partial charge in [-0.1, -0.05) is 43.4 Å². The van der Waals surface area contributed by atoms with Crippen LogP contribution >= 0.6 is 0 Å². The van der Waals surface area contributed by atoms with Crippen molar-refractivity contribution in [2.75, 3.05) is 31.1 Å². The molecule has 154 valence electrons. The Hall–Kier alpha value is -2.63. The van der Waals surface area contributed by atoms with Gasteiger partial charge >= 0.3 is 0 Å². The summed E-state index contributed by atoms with van der Waals surface area (Å²) in [5.74, 6) is 1.82. The maximum Gasteiger partial charge on any atom is 0.271 e. The summed E-state index contributed by atoms with van der Waals surface area (Å²) in [6.07, 6.45) is 6.97. The predicted octanol–water partition coefficient (Wildman–Crippen LogP) is 3.16. The van der Waals surface area contributed by atoms with Gasteiger partial charge in [-0.3, -0.25) is 9.59 Å². The number of aryl methyl sites for hydroxylation is 1. The van der Waals surface area contributed by atoms with Crippen LogP contribution in [0, 0.1) is 12.8 Å². The van der Waals surface area contributed by atoms with Gasteiger partial charge in [-0.05, 0) is 37.5 Å². The molecule has 0 unspecified atom stereocenters. The van der Waals surface area contributed by atoms with Crippen LogP contribution in [0.15, 0.2) is 41.2 Å². The first-order valence-corrected chi connectivity index (χ1v) is 10.8. The minimum atomic E-state index is -0.140. The number of nitrogens with zero attached hydrogens (tertiary/aromatic N) is 4. The first kappa shape index (κ1) is 19.7. The molecule has 2 aliphatic rings. The molecule has 0 radical (unpaired) electrons. The Balaban J connectivity index is 1.37. The predicted molar refractivity (Wildman–Crippen MR) is 115 cm³/mol. The fourth-order valence-corrected chi connectivity index (χ4v) is 4.41. The van der Waals surface area contributed by atoms with Gasteiger partial charge in [0.05, 0.1) is 5.69 Å². The summed E-state index contributed by atoms with van der Waals surface area (Å²) in [5.41, 5.74) is 1.77. The molecule has 1 aromatic carbocycles. The van der Waals surface area contributed by atoms with Gasteiger partial charge < -0.3 is 9.80 Å². The Morgan fingerprint density at radius 1 is 1.00 bits per heavy atom. The minimum absolute atomic E-state index is 0.140. The number of carbonyl (C=O) groups excluding carboxylic acids is 1. The number of piperazine rings is 1. The Morgan fingerprint density at radius 2 is 1.69 bits per heavy atom. The second kappa shape index (κ2) is 8.80. The molecular weight excluding hydrogens is 364 g/mol. The number of benzene rings is 1. The number of hydrogen-bond donors (Lipinski definition) is 0. The summed E-state index contributed by atoms with van der Waals surface area (Å²) in [4.78, 5) is 29.0. The number of anilines is 1. The molecule has 0 bridgehead atoms. The van der Waals surface area contributed by atoms with E-state index in [1.807, 2.05) is 36.1 Å². The van der Waals surface area contributed by atoms with E-state index < -0.39 is 0 Å².